The normalized spacial score (nSPS) is 16.9. The lowest BCUT2D eigenvalue weighted by Gasteiger charge is -2.26. The van der Waals surface area contributed by atoms with Crippen LogP contribution in [0.3, 0.4) is 0 Å². The Balaban J connectivity index is 1.70. The van der Waals surface area contributed by atoms with Crippen molar-refractivity contribution in [3.63, 3.8) is 0 Å². The van der Waals surface area contributed by atoms with E-state index in [0.29, 0.717) is 10.6 Å². The van der Waals surface area contributed by atoms with Gasteiger partial charge in [-0.15, -0.1) is 0 Å². The first-order valence-corrected chi connectivity index (χ1v) is 9.68. The average Bonchev–Trinajstić information content (AvgIpc) is 2.66. The van der Waals surface area contributed by atoms with Crippen molar-refractivity contribution in [2.45, 2.75) is 48.1 Å². The second-order valence-corrected chi connectivity index (χ2v) is 7.90. The third kappa shape index (κ3) is 3.76. The largest absolute Gasteiger partial charge is 0.416 e. The van der Waals surface area contributed by atoms with Crippen LogP contribution in [0.5, 0.6) is 0 Å². The number of amides is 1. The molecule has 0 radical (unpaired) electrons. The van der Waals surface area contributed by atoms with Crippen LogP contribution in [-0.2, 0) is 11.0 Å². The number of fused-ring (bicyclic) bond motifs is 2. The Morgan fingerprint density at radius 3 is 2.70 bits per heavy atom. The minimum Gasteiger partial charge on any atom is -0.352 e. The van der Waals surface area contributed by atoms with E-state index >= 15 is 0 Å². The topological polar surface area (TPSA) is 54.0 Å². The Hall–Kier alpha value is -2.22. The molecule has 1 aliphatic carbocycles. The number of carbonyl (C=O) groups excluding carboxylic acids is 1. The maximum atomic E-state index is 13.4. The molecular weight excluding hydrogens is 375 g/mol. The molecule has 0 spiro atoms. The zero-order valence-corrected chi connectivity index (χ0v) is 15.2. The van der Waals surface area contributed by atoms with E-state index in [9.17, 15) is 18.0 Å². The summed E-state index contributed by atoms with van der Waals surface area (Å²) in [6.45, 7) is 0. The molecule has 27 heavy (non-hydrogen) atoms. The number of halogens is 3. The van der Waals surface area contributed by atoms with Gasteiger partial charge in [-0.05, 0) is 31.0 Å². The highest BCUT2D eigenvalue weighted by Crippen LogP contribution is 2.49. The van der Waals surface area contributed by atoms with Gasteiger partial charge in [-0.3, -0.25) is 9.78 Å². The Morgan fingerprint density at radius 2 is 1.96 bits per heavy atom. The van der Waals surface area contributed by atoms with Crippen LogP contribution in [0.2, 0.25) is 0 Å². The summed E-state index contributed by atoms with van der Waals surface area (Å²) in [4.78, 5) is 17.8. The Labute approximate surface area is 158 Å². The molecule has 2 aromatic rings. The SMILES string of the molecule is O=C(Nc1cc(C(F)(F)F)cc2c1Nc1ccncc1S2)C1CCCCC1. The number of hydrogen-bond acceptors (Lipinski definition) is 4. The van der Waals surface area contributed by atoms with E-state index in [2.05, 4.69) is 15.6 Å². The van der Waals surface area contributed by atoms with Crippen LogP contribution in [0.25, 0.3) is 0 Å². The summed E-state index contributed by atoms with van der Waals surface area (Å²) in [6.07, 6.45) is 3.35. The molecule has 0 saturated heterocycles. The lowest BCUT2D eigenvalue weighted by molar-refractivity contribution is -0.137. The molecule has 0 bridgehead atoms. The minimum atomic E-state index is -4.49. The highest BCUT2D eigenvalue weighted by molar-refractivity contribution is 7.99. The lowest BCUT2D eigenvalue weighted by Crippen LogP contribution is -2.25. The number of pyridine rings is 1. The molecule has 8 heteroatoms. The molecule has 1 saturated carbocycles. The van der Waals surface area contributed by atoms with E-state index in [0.717, 1.165) is 54.8 Å². The first kappa shape index (κ1) is 18.2. The predicted molar refractivity (Wildman–Crippen MR) is 98.3 cm³/mol. The molecule has 1 aliphatic heterocycles. The number of rotatable bonds is 2. The number of alkyl halides is 3. The van der Waals surface area contributed by atoms with Gasteiger partial charge in [0, 0.05) is 23.2 Å². The standard InChI is InChI=1S/C19H18F3N3OS/c20-19(21,22)12-8-14(25-18(26)11-4-2-1-3-5-11)17-15(9-12)27-16-10-23-7-6-13(16)24-17/h6-11,24H,1-5H2,(H,25,26). The molecule has 1 amide bonds. The Bertz CT molecular complexity index is 879. The maximum absolute atomic E-state index is 13.4. The van der Waals surface area contributed by atoms with Crippen molar-refractivity contribution in [2.24, 2.45) is 5.92 Å². The number of benzene rings is 1. The minimum absolute atomic E-state index is 0.142. The smallest absolute Gasteiger partial charge is 0.352 e. The summed E-state index contributed by atoms with van der Waals surface area (Å²) in [5, 5.41) is 5.91. The summed E-state index contributed by atoms with van der Waals surface area (Å²) >= 11 is 1.21. The summed E-state index contributed by atoms with van der Waals surface area (Å²) in [5.74, 6) is -0.347. The maximum Gasteiger partial charge on any atom is 0.416 e. The van der Waals surface area contributed by atoms with Crippen LogP contribution < -0.4 is 10.6 Å². The summed E-state index contributed by atoms with van der Waals surface area (Å²) < 4.78 is 40.1. The fourth-order valence-corrected chi connectivity index (χ4v) is 4.53. The molecule has 2 N–H and O–H groups in total. The van der Waals surface area contributed by atoms with E-state index in [1.54, 1.807) is 18.5 Å². The van der Waals surface area contributed by atoms with Gasteiger partial charge in [0.1, 0.15) is 0 Å². The molecule has 4 rings (SSSR count). The van der Waals surface area contributed by atoms with Crippen LogP contribution in [-0.4, -0.2) is 10.9 Å². The summed E-state index contributed by atoms with van der Waals surface area (Å²) in [5.41, 5.74) is 0.651. The fourth-order valence-electron chi connectivity index (χ4n) is 3.50. The Kier molecular flexibility index (Phi) is 4.75. The van der Waals surface area contributed by atoms with E-state index in [1.165, 1.54) is 11.8 Å². The zero-order chi connectivity index (χ0) is 19.0. The molecule has 1 fully saturated rings. The van der Waals surface area contributed by atoms with Gasteiger partial charge in [0.05, 0.1) is 27.5 Å². The van der Waals surface area contributed by atoms with Gasteiger partial charge in [0.2, 0.25) is 5.91 Å². The van der Waals surface area contributed by atoms with Crippen LogP contribution in [0, 0.1) is 5.92 Å². The van der Waals surface area contributed by atoms with E-state index in [1.807, 2.05) is 0 Å². The number of carbonyl (C=O) groups is 1. The average molecular weight is 393 g/mol. The molecule has 4 nitrogen and oxygen atoms in total. The van der Waals surface area contributed by atoms with Crippen molar-refractivity contribution in [3.8, 4) is 0 Å². The number of anilines is 3. The van der Waals surface area contributed by atoms with Crippen molar-refractivity contribution in [1.82, 2.24) is 4.98 Å². The van der Waals surface area contributed by atoms with Crippen molar-refractivity contribution in [2.75, 3.05) is 10.6 Å². The molecular formula is C19H18F3N3OS. The number of nitrogens with zero attached hydrogens (tertiary/aromatic N) is 1. The van der Waals surface area contributed by atoms with Crippen molar-refractivity contribution in [3.05, 3.63) is 36.2 Å². The molecule has 0 atom stereocenters. The summed E-state index contributed by atoms with van der Waals surface area (Å²) in [7, 11) is 0. The van der Waals surface area contributed by atoms with Crippen LogP contribution in [0.4, 0.5) is 30.2 Å². The number of nitrogens with one attached hydrogen (secondary N) is 2. The molecule has 0 unspecified atom stereocenters. The fraction of sp³-hybridized carbons (Fsp3) is 0.368. The van der Waals surface area contributed by atoms with Gasteiger partial charge in [0.25, 0.3) is 0 Å². The quantitative estimate of drug-likeness (QED) is 0.575. The van der Waals surface area contributed by atoms with E-state index in [4.69, 9.17) is 0 Å². The second kappa shape index (κ2) is 7.07. The van der Waals surface area contributed by atoms with Gasteiger partial charge < -0.3 is 10.6 Å². The molecule has 2 aliphatic rings. The zero-order valence-electron chi connectivity index (χ0n) is 14.4. The predicted octanol–water partition coefficient (Wildman–Crippen LogP) is 5.83. The van der Waals surface area contributed by atoms with Crippen LogP contribution in [0.15, 0.2) is 40.4 Å². The molecule has 142 valence electrons. The molecule has 2 heterocycles. The molecule has 1 aromatic heterocycles. The number of aromatic nitrogens is 1. The summed E-state index contributed by atoms with van der Waals surface area (Å²) in [6, 6.07) is 3.88. The highest BCUT2D eigenvalue weighted by Gasteiger charge is 2.34. The first-order valence-electron chi connectivity index (χ1n) is 8.87. The van der Waals surface area contributed by atoms with Gasteiger partial charge in [-0.1, -0.05) is 31.0 Å². The van der Waals surface area contributed by atoms with Crippen LogP contribution in [0.1, 0.15) is 37.7 Å². The first-order chi connectivity index (χ1) is 12.9. The third-order valence-electron chi connectivity index (χ3n) is 4.93. The van der Waals surface area contributed by atoms with Crippen LogP contribution >= 0.6 is 11.8 Å². The van der Waals surface area contributed by atoms with Crippen molar-refractivity contribution in [1.29, 1.82) is 0 Å². The second-order valence-electron chi connectivity index (χ2n) is 6.82. The van der Waals surface area contributed by atoms with Gasteiger partial charge in [-0.25, -0.2) is 0 Å². The van der Waals surface area contributed by atoms with Crippen molar-refractivity contribution < 1.29 is 18.0 Å². The molecule has 1 aromatic carbocycles. The van der Waals surface area contributed by atoms with E-state index < -0.39 is 11.7 Å². The highest BCUT2D eigenvalue weighted by atomic mass is 32.2. The lowest BCUT2D eigenvalue weighted by atomic mass is 9.88. The van der Waals surface area contributed by atoms with Gasteiger partial charge in [0.15, 0.2) is 0 Å². The van der Waals surface area contributed by atoms with Gasteiger partial charge >= 0.3 is 6.18 Å². The third-order valence-corrected chi connectivity index (χ3v) is 6.01. The monoisotopic (exact) mass is 393 g/mol. The Morgan fingerprint density at radius 1 is 1.19 bits per heavy atom. The van der Waals surface area contributed by atoms with Crippen molar-refractivity contribution >= 4 is 34.7 Å². The number of hydrogen-bond donors (Lipinski definition) is 2. The van der Waals surface area contributed by atoms with Gasteiger partial charge in [-0.2, -0.15) is 13.2 Å². The van der Waals surface area contributed by atoms with E-state index in [-0.39, 0.29) is 17.5 Å².